The van der Waals surface area contributed by atoms with Gasteiger partial charge in [0.05, 0.1) is 6.10 Å². The predicted molar refractivity (Wildman–Crippen MR) is 105 cm³/mol. The van der Waals surface area contributed by atoms with E-state index in [1.807, 2.05) is 36.5 Å². The third-order valence-electron chi connectivity index (χ3n) is 4.16. The number of aliphatic hydroxyl groups is 1. The van der Waals surface area contributed by atoms with Crippen molar-refractivity contribution < 1.29 is 19.8 Å². The lowest BCUT2D eigenvalue weighted by atomic mass is 9.91. The minimum absolute atomic E-state index is 0.102. The maximum Gasteiger partial charge on any atom is 0.303 e. The molecule has 0 saturated heterocycles. The van der Waals surface area contributed by atoms with Crippen LogP contribution in [0.3, 0.4) is 0 Å². The molecule has 4 nitrogen and oxygen atoms in total. The van der Waals surface area contributed by atoms with Crippen molar-refractivity contribution in [1.29, 1.82) is 0 Å². The Labute approximate surface area is 156 Å². The molecule has 4 heteroatoms. The summed E-state index contributed by atoms with van der Waals surface area (Å²) < 4.78 is 0. The lowest BCUT2D eigenvalue weighted by molar-refractivity contribution is -0.136. The van der Waals surface area contributed by atoms with Crippen LogP contribution in [0.25, 0.3) is 0 Å². The molecule has 0 aromatic carbocycles. The number of rotatable bonds is 12. The molecule has 1 aliphatic carbocycles. The van der Waals surface area contributed by atoms with Gasteiger partial charge in [0.2, 0.25) is 0 Å². The van der Waals surface area contributed by atoms with Crippen molar-refractivity contribution in [3.05, 3.63) is 60.8 Å². The second-order valence-electron chi connectivity index (χ2n) is 6.37. The molecule has 3 atom stereocenters. The van der Waals surface area contributed by atoms with Gasteiger partial charge in [-0.1, -0.05) is 61.6 Å². The van der Waals surface area contributed by atoms with Gasteiger partial charge in [0.1, 0.15) is 0 Å². The van der Waals surface area contributed by atoms with E-state index in [0.29, 0.717) is 19.3 Å². The van der Waals surface area contributed by atoms with Crippen molar-refractivity contribution >= 4 is 11.8 Å². The number of ketones is 1. The second kappa shape index (κ2) is 13.1. The Kier molecular flexibility index (Phi) is 11.0. The first-order valence-electron chi connectivity index (χ1n) is 9.29. The van der Waals surface area contributed by atoms with Gasteiger partial charge in [-0.25, -0.2) is 0 Å². The Hall–Kier alpha value is -2.20. The predicted octanol–water partition coefficient (Wildman–Crippen LogP) is 4.39. The minimum atomic E-state index is -0.792. The fourth-order valence-electron chi connectivity index (χ4n) is 2.70. The van der Waals surface area contributed by atoms with Crippen molar-refractivity contribution in [2.45, 2.75) is 51.6 Å². The van der Waals surface area contributed by atoms with E-state index in [4.69, 9.17) is 5.11 Å². The first kappa shape index (κ1) is 21.8. The zero-order chi connectivity index (χ0) is 19.2. The van der Waals surface area contributed by atoms with Crippen LogP contribution in [0.5, 0.6) is 0 Å². The van der Waals surface area contributed by atoms with Crippen molar-refractivity contribution in [2.75, 3.05) is 0 Å². The summed E-state index contributed by atoms with van der Waals surface area (Å²) in [5.74, 6) is -0.683. The summed E-state index contributed by atoms with van der Waals surface area (Å²) in [6.45, 7) is 2.08. The molecule has 0 bridgehead atoms. The second-order valence-corrected chi connectivity index (χ2v) is 6.37. The van der Waals surface area contributed by atoms with E-state index < -0.39 is 12.1 Å². The molecule has 1 rings (SSSR count). The average Bonchev–Trinajstić information content (AvgIpc) is 2.95. The molecular formula is C22H30O4. The summed E-state index contributed by atoms with van der Waals surface area (Å²) in [7, 11) is 0. The van der Waals surface area contributed by atoms with E-state index in [-0.39, 0.29) is 24.0 Å². The summed E-state index contributed by atoms with van der Waals surface area (Å²) in [6, 6.07) is 0. The quantitative estimate of drug-likeness (QED) is 0.507. The third-order valence-corrected chi connectivity index (χ3v) is 4.16. The van der Waals surface area contributed by atoms with Crippen molar-refractivity contribution in [3.8, 4) is 0 Å². The number of carbonyl (C=O) groups excluding carboxylic acids is 1. The SMILES string of the molecule is CC/C=C\C[C@@H]1C=CC(=O)[C@H]1/C=C/[C@H](O)C/C=C\C/C=C\CCC(=O)O. The zero-order valence-corrected chi connectivity index (χ0v) is 15.5. The first-order valence-corrected chi connectivity index (χ1v) is 9.29. The zero-order valence-electron chi connectivity index (χ0n) is 15.5. The van der Waals surface area contributed by atoms with Crippen molar-refractivity contribution in [3.63, 3.8) is 0 Å². The maximum atomic E-state index is 12.0. The highest BCUT2D eigenvalue weighted by Crippen LogP contribution is 2.27. The average molecular weight is 358 g/mol. The highest BCUT2D eigenvalue weighted by molar-refractivity contribution is 5.95. The number of carboxylic acids is 1. The molecule has 0 amide bonds. The highest BCUT2D eigenvalue weighted by Gasteiger charge is 2.26. The van der Waals surface area contributed by atoms with Crippen LogP contribution in [0.4, 0.5) is 0 Å². The molecule has 26 heavy (non-hydrogen) atoms. The smallest absolute Gasteiger partial charge is 0.303 e. The van der Waals surface area contributed by atoms with Crippen LogP contribution >= 0.6 is 0 Å². The number of hydrogen-bond acceptors (Lipinski definition) is 3. The molecule has 0 saturated carbocycles. The standard InChI is InChI=1S/C22H30O4/c1-2-3-8-11-18-14-17-21(24)20(18)16-15-19(23)12-9-6-4-5-7-10-13-22(25)26/h3,5-9,14-20,23H,2,4,10-13H2,1H3,(H,25,26)/b7-5-,8-3-,9-6-,16-15+/t18-,19-,20+/m1/s1. The van der Waals surface area contributed by atoms with Crippen LogP contribution < -0.4 is 0 Å². The molecule has 142 valence electrons. The molecule has 0 aromatic rings. The fourth-order valence-corrected chi connectivity index (χ4v) is 2.70. The highest BCUT2D eigenvalue weighted by atomic mass is 16.4. The lowest BCUT2D eigenvalue weighted by Crippen LogP contribution is -2.14. The third kappa shape index (κ3) is 9.33. The number of aliphatic carboxylic acids is 1. The molecule has 1 aliphatic rings. The van der Waals surface area contributed by atoms with Gasteiger partial charge in [-0.15, -0.1) is 0 Å². The van der Waals surface area contributed by atoms with Crippen LogP contribution in [0.1, 0.15) is 45.4 Å². The Morgan fingerprint density at radius 1 is 1.19 bits per heavy atom. The van der Waals surface area contributed by atoms with E-state index in [9.17, 15) is 14.7 Å². The van der Waals surface area contributed by atoms with Crippen molar-refractivity contribution in [1.82, 2.24) is 0 Å². The summed E-state index contributed by atoms with van der Waals surface area (Å²) >= 11 is 0. The normalized spacial score (nSPS) is 21.8. The van der Waals surface area contributed by atoms with Gasteiger partial charge in [0.15, 0.2) is 5.78 Å². The molecule has 0 radical (unpaired) electrons. The van der Waals surface area contributed by atoms with E-state index >= 15 is 0 Å². The van der Waals surface area contributed by atoms with Gasteiger partial charge >= 0.3 is 5.97 Å². The van der Waals surface area contributed by atoms with Gasteiger partial charge in [0.25, 0.3) is 0 Å². The topological polar surface area (TPSA) is 74.6 Å². The lowest BCUT2D eigenvalue weighted by Gasteiger charge is -2.13. The minimum Gasteiger partial charge on any atom is -0.481 e. The van der Waals surface area contributed by atoms with Gasteiger partial charge in [-0.3, -0.25) is 9.59 Å². The number of aliphatic hydroxyl groups excluding tert-OH is 1. The first-order chi connectivity index (χ1) is 12.5. The molecular weight excluding hydrogens is 328 g/mol. The Morgan fingerprint density at radius 3 is 2.69 bits per heavy atom. The van der Waals surface area contributed by atoms with Gasteiger partial charge in [-0.2, -0.15) is 0 Å². The number of carboxylic acid groups (broad SMARTS) is 1. The Bertz CT molecular complexity index is 581. The number of hydrogen-bond donors (Lipinski definition) is 2. The molecule has 0 aliphatic heterocycles. The molecule has 2 N–H and O–H groups in total. The van der Waals surface area contributed by atoms with Crippen LogP contribution in [0.2, 0.25) is 0 Å². The molecule has 0 fully saturated rings. The van der Waals surface area contributed by atoms with E-state index in [0.717, 1.165) is 12.8 Å². The molecule has 0 unspecified atom stereocenters. The number of carbonyl (C=O) groups is 2. The fraction of sp³-hybridized carbons (Fsp3) is 0.455. The van der Waals surface area contributed by atoms with Crippen LogP contribution in [-0.4, -0.2) is 28.1 Å². The van der Waals surface area contributed by atoms with Gasteiger partial charge in [-0.05, 0) is 44.1 Å². The Morgan fingerprint density at radius 2 is 1.96 bits per heavy atom. The van der Waals surface area contributed by atoms with Crippen LogP contribution in [-0.2, 0) is 9.59 Å². The molecule has 0 spiro atoms. The number of allylic oxidation sites excluding steroid dienone is 8. The van der Waals surface area contributed by atoms with Gasteiger partial charge < -0.3 is 10.2 Å². The Balaban J connectivity index is 2.33. The summed E-state index contributed by atoms with van der Waals surface area (Å²) in [4.78, 5) is 22.3. The monoisotopic (exact) mass is 358 g/mol. The molecule has 0 aromatic heterocycles. The van der Waals surface area contributed by atoms with Crippen LogP contribution in [0.15, 0.2) is 60.8 Å². The van der Waals surface area contributed by atoms with Crippen LogP contribution in [0, 0.1) is 11.8 Å². The van der Waals surface area contributed by atoms with E-state index in [1.54, 1.807) is 12.2 Å². The van der Waals surface area contributed by atoms with E-state index in [2.05, 4.69) is 19.1 Å². The summed E-state index contributed by atoms with van der Waals surface area (Å²) in [6.07, 6.45) is 22.1. The maximum absolute atomic E-state index is 12.0. The van der Waals surface area contributed by atoms with Crippen molar-refractivity contribution in [2.24, 2.45) is 11.8 Å². The van der Waals surface area contributed by atoms with Gasteiger partial charge in [0, 0.05) is 12.3 Å². The van der Waals surface area contributed by atoms with E-state index in [1.165, 1.54) is 0 Å². The summed E-state index contributed by atoms with van der Waals surface area (Å²) in [5, 5.41) is 18.6. The summed E-state index contributed by atoms with van der Waals surface area (Å²) in [5.41, 5.74) is 0. The molecule has 0 heterocycles. The largest absolute Gasteiger partial charge is 0.481 e.